The van der Waals surface area contributed by atoms with Crippen LogP contribution in [-0.4, -0.2) is 72.2 Å². The number of hydrogen-bond acceptors (Lipinski definition) is 7. The molecule has 0 spiro atoms. The van der Waals surface area contributed by atoms with Crippen molar-refractivity contribution in [3.05, 3.63) is 12.4 Å². The largest absolute Gasteiger partial charge is 0.450 e. The molecule has 1 aromatic heterocycles. The Bertz CT molecular complexity index is 723. The Balaban J connectivity index is 1.39. The van der Waals surface area contributed by atoms with Crippen LogP contribution in [0.3, 0.4) is 0 Å². The van der Waals surface area contributed by atoms with Crippen molar-refractivity contribution in [1.29, 1.82) is 0 Å². The second-order valence-corrected chi connectivity index (χ2v) is 8.31. The van der Waals surface area contributed by atoms with Crippen LogP contribution in [0.2, 0.25) is 0 Å². The summed E-state index contributed by atoms with van der Waals surface area (Å²) in [5, 5.41) is 6.39. The summed E-state index contributed by atoms with van der Waals surface area (Å²) in [5.41, 5.74) is 0. The van der Waals surface area contributed by atoms with E-state index in [-0.39, 0.29) is 18.0 Å². The number of rotatable bonds is 8. The zero-order valence-electron chi connectivity index (χ0n) is 18.8. The molecule has 9 heteroatoms. The van der Waals surface area contributed by atoms with Crippen molar-refractivity contribution in [2.45, 2.75) is 58.4 Å². The van der Waals surface area contributed by atoms with Crippen molar-refractivity contribution < 1.29 is 14.3 Å². The van der Waals surface area contributed by atoms with Gasteiger partial charge < -0.3 is 25.2 Å². The SMILES string of the molecule is CCNc1cc(N2CCC[C@H](CCC(=O)NC3CCN(C(=O)OCC)CC3)C2)ncn1. The Labute approximate surface area is 184 Å². The summed E-state index contributed by atoms with van der Waals surface area (Å²) in [6, 6.07) is 2.15. The van der Waals surface area contributed by atoms with Crippen molar-refractivity contribution in [1.82, 2.24) is 20.2 Å². The molecule has 0 aromatic carbocycles. The van der Waals surface area contributed by atoms with E-state index in [1.807, 2.05) is 19.9 Å². The fraction of sp³-hybridized carbons (Fsp3) is 0.727. The van der Waals surface area contributed by atoms with E-state index in [9.17, 15) is 9.59 Å². The molecule has 0 radical (unpaired) electrons. The lowest BCUT2D eigenvalue weighted by Gasteiger charge is -2.34. The number of piperidine rings is 2. The predicted molar refractivity (Wildman–Crippen MR) is 120 cm³/mol. The fourth-order valence-electron chi connectivity index (χ4n) is 4.36. The maximum absolute atomic E-state index is 12.5. The minimum absolute atomic E-state index is 0.114. The predicted octanol–water partition coefficient (Wildman–Crippen LogP) is 2.64. The molecule has 172 valence electrons. The number of carbonyl (C=O) groups is 2. The lowest BCUT2D eigenvalue weighted by atomic mass is 9.93. The van der Waals surface area contributed by atoms with E-state index in [1.165, 1.54) is 0 Å². The van der Waals surface area contributed by atoms with Crippen LogP contribution in [-0.2, 0) is 9.53 Å². The third-order valence-corrected chi connectivity index (χ3v) is 6.02. The van der Waals surface area contributed by atoms with Crippen molar-refractivity contribution in [3.63, 3.8) is 0 Å². The van der Waals surface area contributed by atoms with Gasteiger partial charge in [-0.25, -0.2) is 14.8 Å². The average Bonchev–Trinajstić information content (AvgIpc) is 2.79. The standard InChI is InChI=1S/C22H36N6O3/c1-3-23-19-14-20(25-16-24-19)28-11-5-6-17(15-28)7-8-21(29)26-18-9-12-27(13-10-18)22(30)31-4-2/h14,16-18H,3-13,15H2,1-2H3,(H,26,29)(H,23,24,25)/t17-/m1/s1. The van der Waals surface area contributed by atoms with Gasteiger partial charge in [0.2, 0.25) is 5.91 Å². The van der Waals surface area contributed by atoms with Gasteiger partial charge in [-0.3, -0.25) is 4.79 Å². The molecule has 3 heterocycles. The molecule has 2 amide bonds. The summed E-state index contributed by atoms with van der Waals surface area (Å²) in [6.45, 7) is 8.26. The number of anilines is 2. The molecule has 2 aliphatic rings. The molecule has 1 aromatic rings. The Morgan fingerprint density at radius 3 is 2.71 bits per heavy atom. The minimum atomic E-state index is -0.254. The zero-order valence-corrected chi connectivity index (χ0v) is 18.8. The van der Waals surface area contributed by atoms with Crippen LogP contribution in [0.15, 0.2) is 12.4 Å². The molecule has 2 saturated heterocycles. The molecule has 31 heavy (non-hydrogen) atoms. The number of nitrogens with one attached hydrogen (secondary N) is 2. The van der Waals surface area contributed by atoms with E-state index >= 15 is 0 Å². The van der Waals surface area contributed by atoms with E-state index in [4.69, 9.17) is 4.74 Å². The molecular weight excluding hydrogens is 396 g/mol. The Kier molecular flexibility index (Phi) is 8.73. The summed E-state index contributed by atoms with van der Waals surface area (Å²) in [4.78, 5) is 37.0. The van der Waals surface area contributed by atoms with Gasteiger partial charge in [0.15, 0.2) is 0 Å². The lowest BCUT2D eigenvalue weighted by molar-refractivity contribution is -0.122. The molecule has 9 nitrogen and oxygen atoms in total. The quantitative estimate of drug-likeness (QED) is 0.651. The molecule has 2 N–H and O–H groups in total. The summed E-state index contributed by atoms with van der Waals surface area (Å²) in [6.07, 6.45) is 6.60. The lowest BCUT2D eigenvalue weighted by Crippen LogP contribution is -2.46. The van der Waals surface area contributed by atoms with Crippen molar-refractivity contribution >= 4 is 23.6 Å². The van der Waals surface area contributed by atoms with Gasteiger partial charge in [0, 0.05) is 51.3 Å². The van der Waals surface area contributed by atoms with Gasteiger partial charge in [0.1, 0.15) is 18.0 Å². The maximum atomic E-state index is 12.5. The van der Waals surface area contributed by atoms with Gasteiger partial charge >= 0.3 is 6.09 Å². The Morgan fingerprint density at radius 2 is 1.97 bits per heavy atom. The van der Waals surface area contributed by atoms with Crippen molar-refractivity contribution in [3.8, 4) is 0 Å². The zero-order chi connectivity index (χ0) is 22.1. The van der Waals surface area contributed by atoms with Crippen LogP contribution in [0.25, 0.3) is 0 Å². The topological polar surface area (TPSA) is 99.7 Å². The monoisotopic (exact) mass is 432 g/mol. The third kappa shape index (κ3) is 6.97. The van der Waals surface area contributed by atoms with E-state index in [2.05, 4.69) is 25.5 Å². The second kappa shape index (κ2) is 11.7. The van der Waals surface area contributed by atoms with Gasteiger partial charge in [-0.05, 0) is 51.9 Å². The summed E-state index contributed by atoms with van der Waals surface area (Å²) >= 11 is 0. The van der Waals surface area contributed by atoms with Crippen LogP contribution >= 0.6 is 0 Å². The normalized spacial score (nSPS) is 19.7. The number of likely N-dealkylation sites (tertiary alicyclic amines) is 1. The van der Waals surface area contributed by atoms with E-state index in [0.29, 0.717) is 32.0 Å². The first-order valence-electron chi connectivity index (χ1n) is 11.6. The van der Waals surface area contributed by atoms with Crippen LogP contribution in [0.4, 0.5) is 16.4 Å². The summed E-state index contributed by atoms with van der Waals surface area (Å²) in [7, 11) is 0. The van der Waals surface area contributed by atoms with Crippen LogP contribution in [0.1, 0.15) is 52.4 Å². The molecule has 2 aliphatic heterocycles. The highest BCUT2D eigenvalue weighted by Gasteiger charge is 2.26. The Hall–Kier alpha value is -2.58. The van der Waals surface area contributed by atoms with Crippen molar-refractivity contribution in [2.24, 2.45) is 5.92 Å². The third-order valence-electron chi connectivity index (χ3n) is 6.02. The van der Waals surface area contributed by atoms with Gasteiger partial charge in [0.05, 0.1) is 6.61 Å². The molecule has 0 unspecified atom stereocenters. The molecule has 3 rings (SSSR count). The highest BCUT2D eigenvalue weighted by molar-refractivity contribution is 5.76. The molecule has 2 fully saturated rings. The first-order valence-corrected chi connectivity index (χ1v) is 11.6. The number of ether oxygens (including phenoxy) is 1. The van der Waals surface area contributed by atoms with Crippen molar-refractivity contribution in [2.75, 3.05) is 49.5 Å². The molecule has 0 aliphatic carbocycles. The van der Waals surface area contributed by atoms with Crippen LogP contribution in [0, 0.1) is 5.92 Å². The van der Waals surface area contributed by atoms with Gasteiger partial charge in [0.25, 0.3) is 0 Å². The molecular formula is C22H36N6O3. The van der Waals surface area contributed by atoms with Crippen LogP contribution in [0.5, 0.6) is 0 Å². The number of nitrogens with zero attached hydrogens (tertiary/aromatic N) is 4. The maximum Gasteiger partial charge on any atom is 0.409 e. The number of hydrogen-bond donors (Lipinski definition) is 2. The molecule has 0 bridgehead atoms. The summed E-state index contributed by atoms with van der Waals surface area (Å²) < 4.78 is 5.05. The molecule has 0 saturated carbocycles. The number of amides is 2. The number of aromatic nitrogens is 2. The summed E-state index contributed by atoms with van der Waals surface area (Å²) in [5.74, 6) is 2.40. The van der Waals surface area contributed by atoms with E-state index < -0.39 is 0 Å². The molecule has 1 atom stereocenters. The Morgan fingerprint density at radius 1 is 1.16 bits per heavy atom. The highest BCUT2D eigenvalue weighted by atomic mass is 16.6. The second-order valence-electron chi connectivity index (χ2n) is 8.31. The van der Waals surface area contributed by atoms with E-state index in [1.54, 1.807) is 11.2 Å². The minimum Gasteiger partial charge on any atom is -0.450 e. The highest BCUT2D eigenvalue weighted by Crippen LogP contribution is 2.25. The van der Waals surface area contributed by atoms with Gasteiger partial charge in [-0.2, -0.15) is 0 Å². The average molecular weight is 433 g/mol. The smallest absolute Gasteiger partial charge is 0.409 e. The fourth-order valence-corrected chi connectivity index (χ4v) is 4.36. The number of carbonyl (C=O) groups excluding carboxylic acids is 2. The van der Waals surface area contributed by atoms with E-state index in [0.717, 1.165) is 63.4 Å². The first-order chi connectivity index (χ1) is 15.1. The van der Waals surface area contributed by atoms with Gasteiger partial charge in [-0.1, -0.05) is 0 Å². The first kappa shape index (κ1) is 23.1. The van der Waals surface area contributed by atoms with Crippen LogP contribution < -0.4 is 15.5 Å². The van der Waals surface area contributed by atoms with Gasteiger partial charge in [-0.15, -0.1) is 0 Å².